The van der Waals surface area contributed by atoms with Crippen LogP contribution in [0.4, 0.5) is 0 Å². The summed E-state index contributed by atoms with van der Waals surface area (Å²) in [5.74, 6) is -0.164. The number of aromatic carboxylic acids is 1. The van der Waals surface area contributed by atoms with Crippen molar-refractivity contribution in [1.82, 2.24) is 19.9 Å². The zero-order chi connectivity index (χ0) is 23.5. The SMILES string of the molecule is CC(C)Oc1ccc(-c2nc(-c3ccc(Cn4ccc(C(=O)[O-])n4)cc3Br)no2)cc1C#N.[Na+]. The molecule has 0 spiro atoms. The molecule has 9 nitrogen and oxygen atoms in total. The minimum absolute atomic E-state index is 0. The first-order valence-corrected chi connectivity index (χ1v) is 10.7. The van der Waals surface area contributed by atoms with Crippen LogP contribution in [0.15, 0.2) is 57.7 Å². The van der Waals surface area contributed by atoms with Gasteiger partial charge in [0.15, 0.2) is 0 Å². The largest absolute Gasteiger partial charge is 1.00 e. The Kier molecular flexibility index (Phi) is 8.28. The van der Waals surface area contributed by atoms with Gasteiger partial charge >= 0.3 is 29.6 Å². The molecule has 0 saturated heterocycles. The predicted molar refractivity (Wildman–Crippen MR) is 119 cm³/mol. The average molecular weight is 530 g/mol. The van der Waals surface area contributed by atoms with Gasteiger partial charge in [0.25, 0.3) is 5.89 Å². The van der Waals surface area contributed by atoms with Crippen LogP contribution in [0.3, 0.4) is 0 Å². The third kappa shape index (κ3) is 5.74. The minimum Gasteiger partial charge on any atom is -0.543 e. The summed E-state index contributed by atoms with van der Waals surface area (Å²) in [7, 11) is 0. The Morgan fingerprint density at radius 3 is 2.71 bits per heavy atom. The van der Waals surface area contributed by atoms with Gasteiger partial charge in [0.05, 0.1) is 24.2 Å². The molecular weight excluding hydrogens is 513 g/mol. The van der Waals surface area contributed by atoms with Crippen LogP contribution in [-0.2, 0) is 6.54 Å². The van der Waals surface area contributed by atoms with Gasteiger partial charge in [-0.1, -0.05) is 27.2 Å². The van der Waals surface area contributed by atoms with Crippen molar-refractivity contribution in [3.8, 4) is 34.7 Å². The van der Waals surface area contributed by atoms with E-state index in [0.29, 0.717) is 34.8 Å². The molecule has 0 unspecified atom stereocenters. The summed E-state index contributed by atoms with van der Waals surface area (Å²) in [4.78, 5) is 15.3. The van der Waals surface area contributed by atoms with Crippen LogP contribution in [0.25, 0.3) is 22.8 Å². The molecule has 0 N–H and O–H groups in total. The number of hydrogen-bond donors (Lipinski definition) is 0. The van der Waals surface area contributed by atoms with E-state index >= 15 is 0 Å². The van der Waals surface area contributed by atoms with Gasteiger partial charge in [-0.25, -0.2) is 0 Å². The van der Waals surface area contributed by atoms with E-state index in [0.717, 1.165) is 10.0 Å². The van der Waals surface area contributed by atoms with Crippen molar-refractivity contribution in [3.63, 3.8) is 0 Å². The van der Waals surface area contributed by atoms with Crippen molar-refractivity contribution >= 4 is 21.9 Å². The third-order valence-corrected chi connectivity index (χ3v) is 5.26. The number of ether oxygens (including phenoxy) is 1. The Balaban J connectivity index is 0.00000324. The van der Waals surface area contributed by atoms with E-state index in [2.05, 4.69) is 37.2 Å². The second kappa shape index (κ2) is 11.0. The van der Waals surface area contributed by atoms with E-state index in [4.69, 9.17) is 9.26 Å². The van der Waals surface area contributed by atoms with Crippen molar-refractivity contribution in [2.45, 2.75) is 26.5 Å². The number of benzene rings is 2. The maximum atomic E-state index is 10.9. The number of nitriles is 1. The fourth-order valence-corrected chi connectivity index (χ4v) is 3.74. The Bertz CT molecular complexity index is 1380. The minimum atomic E-state index is -1.32. The molecule has 0 aliphatic heterocycles. The van der Waals surface area contributed by atoms with Crippen LogP contribution in [0.2, 0.25) is 0 Å². The number of carbonyl (C=O) groups excluding carboxylic acids is 1. The van der Waals surface area contributed by atoms with E-state index in [1.807, 2.05) is 32.0 Å². The van der Waals surface area contributed by atoms with Gasteiger partial charge in [-0.2, -0.15) is 15.3 Å². The molecule has 2 aromatic heterocycles. The van der Waals surface area contributed by atoms with Crippen LogP contribution in [-0.4, -0.2) is 32.0 Å². The molecule has 2 heterocycles. The van der Waals surface area contributed by atoms with Crippen molar-refractivity contribution in [2.24, 2.45) is 0 Å². The summed E-state index contributed by atoms with van der Waals surface area (Å²) in [6, 6.07) is 14.2. The van der Waals surface area contributed by atoms with E-state index in [-0.39, 0.29) is 47.2 Å². The molecule has 0 bridgehead atoms. The molecule has 2 aromatic carbocycles. The molecule has 0 amide bonds. The average Bonchev–Trinajstić information content (AvgIpc) is 3.44. The number of nitrogens with zero attached hydrogens (tertiary/aromatic N) is 5. The molecule has 4 rings (SSSR count). The van der Waals surface area contributed by atoms with Crippen LogP contribution >= 0.6 is 15.9 Å². The maximum Gasteiger partial charge on any atom is 1.00 e. The molecule has 34 heavy (non-hydrogen) atoms. The quantitative estimate of drug-likeness (QED) is 0.315. The smallest absolute Gasteiger partial charge is 0.543 e. The van der Waals surface area contributed by atoms with Crippen LogP contribution in [0.1, 0.15) is 35.5 Å². The van der Waals surface area contributed by atoms with Gasteiger partial charge in [-0.05, 0) is 55.8 Å². The molecule has 0 atom stereocenters. The monoisotopic (exact) mass is 529 g/mol. The summed E-state index contributed by atoms with van der Waals surface area (Å²) < 4.78 is 13.3. The summed E-state index contributed by atoms with van der Waals surface area (Å²) >= 11 is 3.53. The predicted octanol–water partition coefficient (Wildman–Crippen LogP) is 0.437. The summed E-state index contributed by atoms with van der Waals surface area (Å²) in [6.45, 7) is 4.16. The molecule has 0 aliphatic carbocycles. The van der Waals surface area contributed by atoms with E-state index < -0.39 is 5.97 Å². The zero-order valence-electron chi connectivity index (χ0n) is 18.7. The maximum absolute atomic E-state index is 10.9. The molecular formula is C23H17BrN5NaO4. The number of carboxylic acid groups (broad SMARTS) is 1. The Morgan fingerprint density at radius 2 is 2.06 bits per heavy atom. The Morgan fingerprint density at radius 1 is 1.26 bits per heavy atom. The van der Waals surface area contributed by atoms with E-state index in [9.17, 15) is 15.2 Å². The molecule has 0 fully saturated rings. The van der Waals surface area contributed by atoms with Crippen LogP contribution in [0.5, 0.6) is 5.75 Å². The first-order valence-electron chi connectivity index (χ1n) is 9.92. The van der Waals surface area contributed by atoms with Gasteiger partial charge < -0.3 is 19.2 Å². The number of hydrogen-bond acceptors (Lipinski definition) is 8. The van der Waals surface area contributed by atoms with Gasteiger partial charge in [-0.15, -0.1) is 0 Å². The summed E-state index contributed by atoms with van der Waals surface area (Å²) in [5.41, 5.74) is 2.48. The van der Waals surface area contributed by atoms with Gasteiger partial charge in [-0.3, -0.25) is 4.68 Å². The van der Waals surface area contributed by atoms with Crippen LogP contribution < -0.4 is 39.4 Å². The number of rotatable bonds is 7. The van der Waals surface area contributed by atoms with E-state index in [1.54, 1.807) is 24.4 Å². The molecule has 0 radical (unpaired) electrons. The van der Waals surface area contributed by atoms with Crippen molar-refractivity contribution in [2.75, 3.05) is 0 Å². The van der Waals surface area contributed by atoms with Crippen molar-refractivity contribution < 1.29 is 48.7 Å². The van der Waals surface area contributed by atoms with Crippen LogP contribution in [0, 0.1) is 11.3 Å². The molecule has 166 valence electrons. The Hall–Kier alpha value is -2.97. The number of carbonyl (C=O) groups is 1. The number of halogens is 1. The molecule has 0 aliphatic rings. The van der Waals surface area contributed by atoms with Gasteiger partial charge in [0, 0.05) is 21.8 Å². The third-order valence-electron chi connectivity index (χ3n) is 4.60. The van der Waals surface area contributed by atoms with Gasteiger partial charge in [0.1, 0.15) is 17.5 Å². The number of aromatic nitrogens is 4. The second-order valence-electron chi connectivity index (χ2n) is 7.41. The second-order valence-corrected chi connectivity index (χ2v) is 8.27. The van der Waals surface area contributed by atoms with Crippen molar-refractivity contribution in [3.05, 3.63) is 70.0 Å². The number of carboxylic acids is 1. The topological polar surface area (TPSA) is 130 Å². The summed E-state index contributed by atoms with van der Waals surface area (Å²) in [5, 5.41) is 28.3. The Labute approximate surface area is 225 Å². The van der Waals surface area contributed by atoms with Crippen molar-refractivity contribution in [1.29, 1.82) is 5.26 Å². The van der Waals surface area contributed by atoms with E-state index in [1.165, 1.54) is 10.7 Å². The first kappa shape index (κ1) is 25.6. The fraction of sp³-hybridized carbons (Fsp3) is 0.174. The molecule has 0 saturated carbocycles. The molecule has 11 heteroatoms. The fourth-order valence-electron chi connectivity index (χ4n) is 3.14. The first-order chi connectivity index (χ1) is 15.8. The zero-order valence-corrected chi connectivity index (χ0v) is 22.2. The summed E-state index contributed by atoms with van der Waals surface area (Å²) in [6.07, 6.45) is 1.52. The normalized spacial score (nSPS) is 10.6. The standard InChI is InChI=1S/C23H18BrN5O4.Na/c1-13(2)32-20-6-4-15(10-16(20)11-25)22-26-21(28-33-22)17-5-3-14(9-18(17)24)12-29-8-7-19(27-29)23(30)31;/h3-10,13H,12H2,1-2H3,(H,30,31);/q;+1/p-1. The van der Waals surface area contributed by atoms with Gasteiger partial charge in [0.2, 0.25) is 5.82 Å². The molecule has 4 aromatic rings.